The first kappa shape index (κ1) is 75.0. The summed E-state index contributed by atoms with van der Waals surface area (Å²) < 4.78 is 34.2. The van der Waals surface area contributed by atoms with E-state index in [2.05, 4.69) is 55.6 Å². The largest absolute Gasteiger partial charge is 0.394 e. The van der Waals surface area contributed by atoms with Gasteiger partial charge in [-0.15, -0.1) is 0 Å². The zero-order valence-electron chi connectivity index (χ0n) is 50.7. The number of carbonyl (C=O) groups excluding carboxylic acids is 1. The van der Waals surface area contributed by atoms with Crippen molar-refractivity contribution >= 4 is 5.91 Å². The van der Waals surface area contributed by atoms with E-state index >= 15 is 0 Å². The molecule has 0 aliphatic carbocycles. The Morgan fingerprint density at radius 3 is 1.28 bits per heavy atom. The summed E-state index contributed by atoms with van der Waals surface area (Å²) in [7, 11) is 0. The summed E-state index contributed by atoms with van der Waals surface area (Å²) in [6.07, 6.45) is 26.9. The number of aliphatic hydroxyl groups is 11. The van der Waals surface area contributed by atoms with Crippen LogP contribution in [-0.4, -0.2) is 193 Å². The maximum Gasteiger partial charge on any atom is 0.220 e. The van der Waals surface area contributed by atoms with Crippen LogP contribution in [-0.2, 0) is 33.2 Å². The van der Waals surface area contributed by atoms with Gasteiger partial charge in [0, 0.05) is 6.42 Å². The van der Waals surface area contributed by atoms with Crippen molar-refractivity contribution in [3.05, 3.63) is 48.6 Å². The van der Waals surface area contributed by atoms with Crippen molar-refractivity contribution in [1.29, 1.82) is 0 Å². The van der Waals surface area contributed by atoms with Crippen LogP contribution in [0.4, 0.5) is 0 Å². The molecule has 3 aliphatic heterocycles. The Labute approximate surface area is 497 Å². The zero-order valence-corrected chi connectivity index (χ0v) is 50.7. The van der Waals surface area contributed by atoms with E-state index in [4.69, 9.17) is 28.4 Å². The molecule has 3 saturated heterocycles. The van der Waals surface area contributed by atoms with E-state index in [0.29, 0.717) is 12.8 Å². The van der Waals surface area contributed by atoms with Crippen LogP contribution < -0.4 is 5.32 Å². The van der Waals surface area contributed by atoms with Gasteiger partial charge >= 0.3 is 0 Å². The second-order valence-corrected chi connectivity index (χ2v) is 23.2. The summed E-state index contributed by atoms with van der Waals surface area (Å²) in [5, 5.41) is 120. The maximum atomic E-state index is 13.3. The SMILES string of the molecule is CCCCCCC/C=C\C/C=C\CCCCCCCCCCCCCCCCCC(=O)NC(COC1OC(CO)C(OC2OC(CO)C(OC3OC(CO)C(O)C(O)C3O)C(O)C2O)C(O)C1O)C(O)/C=C/CC/C=C/CCCCCCC. The van der Waals surface area contributed by atoms with Crippen molar-refractivity contribution in [2.24, 2.45) is 0 Å². The lowest BCUT2D eigenvalue weighted by atomic mass is 9.96. The van der Waals surface area contributed by atoms with Crippen molar-refractivity contribution in [3.63, 3.8) is 0 Å². The first-order valence-electron chi connectivity index (χ1n) is 32.4. The van der Waals surface area contributed by atoms with Crippen molar-refractivity contribution in [3.8, 4) is 0 Å². The fourth-order valence-corrected chi connectivity index (χ4v) is 10.8. The standard InChI is InChI=1S/C64H115NO18/c1-3-5-7-9-11-13-15-16-17-18-19-20-21-22-23-24-25-26-27-28-29-30-32-34-36-38-40-42-52(70)65-47(48(69)41-39-37-35-33-31-14-12-10-8-6-4-2)46-78-62-58(76)55(73)60(50(44-67)80-62)83-64-59(77)56(74)61(51(45-68)81-64)82-63-57(75)54(72)53(71)49(43-66)79-63/h15-16,18-19,31,33,39,41,47-51,53-64,66-69,71-77H,3-14,17,20-30,32,34-38,40,42-46H2,1-2H3,(H,65,70)/b16-15-,19-18-,33-31+,41-39+. The van der Waals surface area contributed by atoms with Crippen molar-refractivity contribution in [2.75, 3.05) is 26.4 Å². The van der Waals surface area contributed by atoms with Crippen molar-refractivity contribution < 1.29 is 89.4 Å². The van der Waals surface area contributed by atoms with Gasteiger partial charge in [-0.3, -0.25) is 4.79 Å². The molecule has 17 unspecified atom stereocenters. The summed E-state index contributed by atoms with van der Waals surface area (Å²) in [4.78, 5) is 13.3. The number of ether oxygens (including phenoxy) is 6. The Morgan fingerprint density at radius 2 is 0.807 bits per heavy atom. The number of hydrogen-bond acceptors (Lipinski definition) is 18. The molecule has 19 nitrogen and oxygen atoms in total. The van der Waals surface area contributed by atoms with Gasteiger partial charge in [-0.25, -0.2) is 0 Å². The number of nitrogens with one attached hydrogen (secondary N) is 1. The molecule has 3 aliphatic rings. The average molecular weight is 1190 g/mol. The second-order valence-electron chi connectivity index (χ2n) is 23.2. The predicted octanol–water partition coefficient (Wildman–Crippen LogP) is 7.04. The van der Waals surface area contributed by atoms with E-state index in [1.807, 2.05) is 6.08 Å². The highest BCUT2D eigenvalue weighted by atomic mass is 16.8. The van der Waals surface area contributed by atoms with E-state index in [9.17, 15) is 61.0 Å². The minimum absolute atomic E-state index is 0.235. The number of amides is 1. The number of allylic oxidation sites excluding steroid dienone is 7. The lowest BCUT2D eigenvalue weighted by molar-refractivity contribution is -0.379. The van der Waals surface area contributed by atoms with Crippen LogP contribution in [0.1, 0.15) is 219 Å². The first-order chi connectivity index (χ1) is 40.3. The monoisotopic (exact) mass is 1190 g/mol. The quantitative estimate of drug-likeness (QED) is 0.0215. The highest BCUT2D eigenvalue weighted by Gasteiger charge is 2.53. The molecule has 0 saturated carbocycles. The minimum Gasteiger partial charge on any atom is -0.394 e. The van der Waals surface area contributed by atoms with Gasteiger partial charge in [-0.05, 0) is 64.2 Å². The topological polar surface area (TPSA) is 307 Å². The summed E-state index contributed by atoms with van der Waals surface area (Å²) in [6.45, 7) is 1.66. The Balaban J connectivity index is 1.41. The van der Waals surface area contributed by atoms with Gasteiger partial charge < -0.3 is 89.9 Å². The lowest BCUT2D eigenvalue weighted by Crippen LogP contribution is -2.66. The molecule has 484 valence electrons. The molecule has 0 aromatic heterocycles. The molecule has 0 radical (unpaired) electrons. The van der Waals surface area contributed by atoms with E-state index < -0.39 is 124 Å². The molecule has 1 amide bonds. The molecule has 17 atom stereocenters. The summed E-state index contributed by atoms with van der Waals surface area (Å²) in [6, 6.07) is -0.988. The molecular formula is C64H115NO18. The molecule has 12 N–H and O–H groups in total. The molecule has 3 fully saturated rings. The number of aliphatic hydroxyl groups excluding tert-OH is 11. The average Bonchev–Trinajstić information content (AvgIpc) is 3.62. The molecule has 0 spiro atoms. The van der Waals surface area contributed by atoms with Crippen LogP contribution in [0.25, 0.3) is 0 Å². The van der Waals surface area contributed by atoms with Crippen LogP contribution in [0.3, 0.4) is 0 Å². The Kier molecular flexibility index (Phi) is 42.3. The number of rotatable bonds is 48. The third-order valence-electron chi connectivity index (χ3n) is 16.1. The Hall–Kier alpha value is -2.25. The van der Waals surface area contributed by atoms with Gasteiger partial charge in [0.1, 0.15) is 73.2 Å². The van der Waals surface area contributed by atoms with Gasteiger partial charge in [-0.2, -0.15) is 0 Å². The molecule has 83 heavy (non-hydrogen) atoms. The van der Waals surface area contributed by atoms with Crippen LogP contribution in [0.15, 0.2) is 48.6 Å². The fraction of sp³-hybridized carbons (Fsp3) is 0.859. The van der Waals surface area contributed by atoms with Gasteiger partial charge in [0.15, 0.2) is 18.9 Å². The fourth-order valence-electron chi connectivity index (χ4n) is 10.8. The Bertz CT molecular complexity index is 1700. The molecular weight excluding hydrogens is 1070 g/mol. The van der Waals surface area contributed by atoms with Gasteiger partial charge in [-0.1, -0.05) is 197 Å². The summed E-state index contributed by atoms with van der Waals surface area (Å²) in [5.41, 5.74) is 0. The smallest absolute Gasteiger partial charge is 0.220 e. The molecule has 0 aromatic carbocycles. The van der Waals surface area contributed by atoms with Crippen molar-refractivity contribution in [1.82, 2.24) is 5.32 Å². The van der Waals surface area contributed by atoms with Crippen molar-refractivity contribution in [2.45, 2.75) is 324 Å². The van der Waals surface area contributed by atoms with E-state index in [-0.39, 0.29) is 18.9 Å². The van der Waals surface area contributed by atoms with Crippen LogP contribution >= 0.6 is 0 Å². The van der Waals surface area contributed by atoms with Gasteiger partial charge in [0.05, 0.1) is 38.6 Å². The lowest BCUT2D eigenvalue weighted by Gasteiger charge is -2.48. The summed E-state index contributed by atoms with van der Waals surface area (Å²) >= 11 is 0. The molecule has 3 rings (SSSR count). The Morgan fingerprint density at radius 1 is 0.434 bits per heavy atom. The third kappa shape index (κ3) is 30.0. The van der Waals surface area contributed by atoms with Crippen LogP contribution in [0.2, 0.25) is 0 Å². The van der Waals surface area contributed by atoms with E-state index in [1.165, 1.54) is 141 Å². The number of hydrogen-bond donors (Lipinski definition) is 12. The van der Waals surface area contributed by atoms with Gasteiger partial charge in [0.2, 0.25) is 5.91 Å². The van der Waals surface area contributed by atoms with Crippen LogP contribution in [0.5, 0.6) is 0 Å². The molecule has 19 heteroatoms. The highest BCUT2D eigenvalue weighted by molar-refractivity contribution is 5.76. The zero-order chi connectivity index (χ0) is 60.5. The minimum atomic E-state index is -1.98. The molecule has 3 heterocycles. The predicted molar refractivity (Wildman–Crippen MR) is 319 cm³/mol. The summed E-state index contributed by atoms with van der Waals surface area (Å²) in [5.74, 6) is -0.287. The maximum absolute atomic E-state index is 13.3. The first-order valence-corrected chi connectivity index (χ1v) is 32.4. The highest BCUT2D eigenvalue weighted by Crippen LogP contribution is 2.33. The number of carbonyl (C=O) groups is 1. The molecule has 0 bridgehead atoms. The normalized spacial score (nSPS) is 29.7. The van der Waals surface area contributed by atoms with E-state index in [1.54, 1.807) is 6.08 Å². The van der Waals surface area contributed by atoms with Crippen LogP contribution in [0, 0.1) is 0 Å². The number of unbranched alkanes of at least 4 members (excludes halogenated alkanes) is 26. The molecule has 0 aromatic rings. The van der Waals surface area contributed by atoms with Gasteiger partial charge in [0.25, 0.3) is 0 Å². The second kappa shape index (κ2) is 46.8. The third-order valence-corrected chi connectivity index (χ3v) is 16.1. The van der Waals surface area contributed by atoms with E-state index in [0.717, 1.165) is 44.9 Å².